The van der Waals surface area contributed by atoms with Crippen LogP contribution in [0.3, 0.4) is 0 Å². The fourth-order valence-corrected chi connectivity index (χ4v) is 6.02. The van der Waals surface area contributed by atoms with Crippen LogP contribution in [0.1, 0.15) is 17.5 Å². The molecule has 0 amide bonds. The average molecular weight is 442 g/mol. The van der Waals surface area contributed by atoms with Crippen LogP contribution in [0.25, 0.3) is 10.8 Å². The Balaban J connectivity index is 1.45. The summed E-state index contributed by atoms with van der Waals surface area (Å²) in [6.45, 7) is 0. The maximum absolute atomic E-state index is 6.23. The molecule has 1 aliphatic heterocycles. The molecule has 0 saturated heterocycles. The van der Waals surface area contributed by atoms with E-state index in [0.29, 0.717) is 15.0 Å². The third-order valence-electron chi connectivity index (χ3n) is 5.38. The fraction of sp³-hybridized carbons (Fsp3) is 0.115. The van der Waals surface area contributed by atoms with Crippen LogP contribution in [-0.4, -0.2) is 20.7 Å². The Hall–Kier alpha value is -2.87. The van der Waals surface area contributed by atoms with Crippen LogP contribution in [0.15, 0.2) is 108 Å². The van der Waals surface area contributed by atoms with Gasteiger partial charge in [-0.2, -0.15) is 0 Å². The van der Waals surface area contributed by atoms with Crippen molar-refractivity contribution in [2.24, 2.45) is 5.16 Å². The van der Waals surface area contributed by atoms with E-state index in [1.807, 2.05) is 0 Å². The Morgan fingerprint density at radius 1 is 0.759 bits per heavy atom. The Morgan fingerprint density at radius 2 is 1.45 bits per heavy atom. The zero-order chi connectivity index (χ0) is 19.5. The monoisotopic (exact) mass is 443 g/mol. The molecule has 0 aliphatic carbocycles. The molecule has 3 heteroatoms. The van der Waals surface area contributed by atoms with Gasteiger partial charge in [-0.1, -0.05) is 0 Å². The van der Waals surface area contributed by atoms with Gasteiger partial charge in [0.25, 0.3) is 0 Å². The van der Waals surface area contributed by atoms with Gasteiger partial charge in [0.1, 0.15) is 0 Å². The van der Waals surface area contributed by atoms with E-state index in [1.165, 1.54) is 20.8 Å². The molecule has 4 aromatic rings. The summed E-state index contributed by atoms with van der Waals surface area (Å²) < 4.78 is 1.39. The van der Waals surface area contributed by atoms with E-state index >= 15 is 0 Å². The van der Waals surface area contributed by atoms with Crippen molar-refractivity contribution in [3.05, 3.63) is 114 Å². The molecule has 2 nitrogen and oxygen atoms in total. The molecule has 1 atom stereocenters. The summed E-state index contributed by atoms with van der Waals surface area (Å²) >= 11 is 0.311. The van der Waals surface area contributed by atoms with Crippen LogP contribution >= 0.6 is 0 Å². The van der Waals surface area contributed by atoms with E-state index in [4.69, 9.17) is 4.84 Å². The number of hydrogen-bond acceptors (Lipinski definition) is 2. The molecule has 5 rings (SSSR count). The summed E-state index contributed by atoms with van der Waals surface area (Å²) in [5, 5.41) is 8.02. The second-order valence-corrected chi connectivity index (χ2v) is 9.53. The minimum atomic E-state index is -0.391. The van der Waals surface area contributed by atoms with E-state index < -0.39 is 5.60 Å². The minimum absolute atomic E-state index is 0.311. The molecule has 0 unspecified atom stereocenters. The summed E-state index contributed by atoms with van der Waals surface area (Å²) in [4.78, 5) is 6.23. The van der Waals surface area contributed by atoms with Gasteiger partial charge in [0.05, 0.1) is 0 Å². The fourth-order valence-electron chi connectivity index (χ4n) is 3.78. The molecular formula is C26H21NOSe. The van der Waals surface area contributed by atoms with Gasteiger partial charge < -0.3 is 0 Å². The molecule has 0 saturated carbocycles. The maximum atomic E-state index is 6.23. The van der Waals surface area contributed by atoms with Crippen LogP contribution in [0.4, 0.5) is 0 Å². The molecular weight excluding hydrogens is 421 g/mol. The van der Waals surface area contributed by atoms with Crippen LogP contribution in [-0.2, 0) is 10.4 Å². The third-order valence-corrected chi connectivity index (χ3v) is 7.93. The molecule has 0 fully saturated rings. The SMILES string of the molecule is c1ccc([Se]C[C@@]2(c3ccccc3)CC(c3ccc4ccccc4c3)=NO2)cc1. The number of rotatable bonds is 5. The molecule has 0 radical (unpaired) electrons. The molecule has 0 bridgehead atoms. The van der Waals surface area contributed by atoms with Gasteiger partial charge in [0, 0.05) is 0 Å². The average Bonchev–Trinajstić information content (AvgIpc) is 3.24. The van der Waals surface area contributed by atoms with E-state index in [2.05, 4.69) is 108 Å². The molecule has 1 heterocycles. The summed E-state index contributed by atoms with van der Waals surface area (Å²) in [6, 6.07) is 36.3. The first-order valence-electron chi connectivity index (χ1n) is 9.80. The van der Waals surface area contributed by atoms with Crippen molar-refractivity contribution in [3.8, 4) is 0 Å². The third kappa shape index (κ3) is 3.72. The molecule has 4 aromatic carbocycles. The van der Waals surface area contributed by atoms with Gasteiger partial charge in [-0.05, 0) is 0 Å². The number of hydrogen-bond donors (Lipinski definition) is 0. The molecule has 0 spiro atoms. The van der Waals surface area contributed by atoms with Crippen LogP contribution in [0.2, 0.25) is 5.32 Å². The van der Waals surface area contributed by atoms with E-state index in [9.17, 15) is 0 Å². The Bertz CT molecular complexity index is 1160. The first kappa shape index (κ1) is 18.2. The molecule has 0 N–H and O–H groups in total. The number of benzene rings is 4. The van der Waals surface area contributed by atoms with Gasteiger partial charge in [-0.25, -0.2) is 0 Å². The van der Waals surface area contributed by atoms with Crippen molar-refractivity contribution in [2.75, 3.05) is 0 Å². The second-order valence-electron chi connectivity index (χ2n) is 7.33. The number of oxime groups is 1. The number of nitrogens with zero attached hydrogens (tertiary/aromatic N) is 1. The molecule has 142 valence electrons. The zero-order valence-electron chi connectivity index (χ0n) is 16.0. The van der Waals surface area contributed by atoms with Gasteiger partial charge in [-0.3, -0.25) is 0 Å². The summed E-state index contributed by atoms with van der Waals surface area (Å²) in [7, 11) is 0. The summed E-state index contributed by atoms with van der Waals surface area (Å²) in [5.74, 6) is 0. The quantitative estimate of drug-likeness (QED) is 0.384. The Kier molecular flexibility index (Phi) is 4.93. The standard InChI is InChI=1S/C26H21NOSe/c1-3-11-23(12-4-1)26(19-29-24-13-5-2-6-14-24)18-25(27-28-26)22-16-15-20-9-7-8-10-21(20)17-22/h1-17H,18-19H2/t26-/m1/s1. The van der Waals surface area contributed by atoms with E-state index in [0.717, 1.165) is 23.0 Å². The van der Waals surface area contributed by atoms with E-state index in [-0.39, 0.29) is 0 Å². The van der Waals surface area contributed by atoms with Crippen LogP contribution < -0.4 is 4.46 Å². The van der Waals surface area contributed by atoms with Crippen LogP contribution in [0.5, 0.6) is 0 Å². The van der Waals surface area contributed by atoms with Crippen molar-refractivity contribution in [3.63, 3.8) is 0 Å². The van der Waals surface area contributed by atoms with Gasteiger partial charge in [0.2, 0.25) is 0 Å². The predicted octanol–water partition coefficient (Wildman–Crippen LogP) is 5.31. The molecule has 1 aliphatic rings. The topological polar surface area (TPSA) is 21.6 Å². The first-order valence-corrected chi connectivity index (χ1v) is 11.9. The predicted molar refractivity (Wildman–Crippen MR) is 121 cm³/mol. The van der Waals surface area contributed by atoms with Gasteiger partial charge in [0.15, 0.2) is 0 Å². The van der Waals surface area contributed by atoms with Crippen molar-refractivity contribution in [1.29, 1.82) is 0 Å². The number of fused-ring (bicyclic) bond motifs is 1. The van der Waals surface area contributed by atoms with Crippen molar-refractivity contribution in [1.82, 2.24) is 0 Å². The molecule has 29 heavy (non-hydrogen) atoms. The summed E-state index contributed by atoms with van der Waals surface area (Å²) in [5.41, 5.74) is 2.99. The van der Waals surface area contributed by atoms with Crippen molar-refractivity contribution >= 4 is 35.9 Å². The van der Waals surface area contributed by atoms with Crippen molar-refractivity contribution in [2.45, 2.75) is 17.3 Å². The van der Waals surface area contributed by atoms with Gasteiger partial charge >= 0.3 is 177 Å². The summed E-state index contributed by atoms with van der Waals surface area (Å²) in [6.07, 6.45) is 0.796. The van der Waals surface area contributed by atoms with Crippen LogP contribution in [0, 0.1) is 0 Å². The van der Waals surface area contributed by atoms with Crippen molar-refractivity contribution < 1.29 is 4.84 Å². The molecule has 0 aromatic heterocycles. The first-order chi connectivity index (χ1) is 14.3. The van der Waals surface area contributed by atoms with Gasteiger partial charge in [-0.15, -0.1) is 0 Å². The second kappa shape index (κ2) is 7.87. The normalized spacial score (nSPS) is 18.4. The Morgan fingerprint density at radius 3 is 2.24 bits per heavy atom. The Labute approximate surface area is 177 Å². The zero-order valence-corrected chi connectivity index (χ0v) is 17.7. The van der Waals surface area contributed by atoms with E-state index in [1.54, 1.807) is 0 Å².